The summed E-state index contributed by atoms with van der Waals surface area (Å²) in [4.78, 5) is 26.1. The number of carbonyl (C=O) groups is 1. The average Bonchev–Trinajstić information content (AvgIpc) is 3.34. The van der Waals surface area contributed by atoms with Crippen LogP contribution in [0, 0.1) is 0 Å². The zero-order chi connectivity index (χ0) is 18.9. The van der Waals surface area contributed by atoms with Crippen molar-refractivity contribution in [2.24, 2.45) is 0 Å². The molecule has 7 heteroatoms. The van der Waals surface area contributed by atoms with Gasteiger partial charge < -0.3 is 9.72 Å². The number of thiazole rings is 1. The van der Waals surface area contributed by atoms with E-state index in [2.05, 4.69) is 20.3 Å². The van der Waals surface area contributed by atoms with Crippen molar-refractivity contribution in [3.8, 4) is 10.6 Å². The average molecular weight is 389 g/mol. The van der Waals surface area contributed by atoms with Gasteiger partial charge >= 0.3 is 0 Å². The number of hydrogen-bond donors (Lipinski definition) is 1. The molecule has 1 N–H and O–H groups in total. The van der Waals surface area contributed by atoms with Crippen LogP contribution < -0.4 is 5.32 Å². The predicted octanol–water partition coefficient (Wildman–Crippen LogP) is 3.70. The molecule has 0 unspecified atom stereocenters. The Labute approximate surface area is 166 Å². The van der Waals surface area contributed by atoms with E-state index in [-0.39, 0.29) is 5.91 Å². The minimum absolute atomic E-state index is 0.125. The second-order valence-corrected chi connectivity index (χ2v) is 7.79. The van der Waals surface area contributed by atoms with Gasteiger partial charge in [0.2, 0.25) is 0 Å². The van der Waals surface area contributed by atoms with Crippen LogP contribution in [0.4, 0.5) is 0 Å². The van der Waals surface area contributed by atoms with E-state index >= 15 is 0 Å². The van der Waals surface area contributed by atoms with E-state index in [4.69, 9.17) is 0 Å². The number of aromatic nitrogens is 4. The van der Waals surface area contributed by atoms with Crippen molar-refractivity contribution in [1.29, 1.82) is 0 Å². The van der Waals surface area contributed by atoms with Crippen LogP contribution in [0.5, 0.6) is 0 Å². The summed E-state index contributed by atoms with van der Waals surface area (Å²) in [6, 6.07) is 9.78. The first-order chi connectivity index (χ1) is 13.8. The van der Waals surface area contributed by atoms with Crippen molar-refractivity contribution in [2.75, 3.05) is 6.54 Å². The molecule has 6 nitrogen and oxygen atoms in total. The molecule has 0 spiro atoms. The number of imidazole rings is 1. The molecule has 1 saturated carbocycles. The molecule has 0 aromatic carbocycles. The fourth-order valence-corrected chi connectivity index (χ4v) is 4.16. The Bertz CT molecular complexity index is 1130. The third-order valence-corrected chi connectivity index (χ3v) is 5.82. The summed E-state index contributed by atoms with van der Waals surface area (Å²) in [5, 5.41) is 6.01. The molecule has 0 radical (unpaired) electrons. The maximum atomic E-state index is 12.7. The van der Waals surface area contributed by atoms with Gasteiger partial charge in [0.25, 0.3) is 5.91 Å². The summed E-state index contributed by atoms with van der Waals surface area (Å²) in [5.41, 5.74) is 3.42. The van der Waals surface area contributed by atoms with Crippen molar-refractivity contribution >= 4 is 22.8 Å². The lowest BCUT2D eigenvalue weighted by Gasteiger charge is -2.02. The Morgan fingerprint density at radius 1 is 1.18 bits per heavy atom. The number of pyridine rings is 2. The highest BCUT2D eigenvalue weighted by molar-refractivity contribution is 7.13. The van der Waals surface area contributed by atoms with Crippen molar-refractivity contribution in [1.82, 2.24) is 24.7 Å². The third kappa shape index (κ3) is 3.29. The number of rotatable bonds is 6. The second kappa shape index (κ2) is 7.16. The van der Waals surface area contributed by atoms with E-state index in [0.717, 1.165) is 40.4 Å². The van der Waals surface area contributed by atoms with Crippen molar-refractivity contribution in [3.63, 3.8) is 0 Å². The van der Waals surface area contributed by atoms with Gasteiger partial charge in [-0.15, -0.1) is 11.3 Å². The monoisotopic (exact) mass is 389 g/mol. The Hall–Kier alpha value is -3.06. The van der Waals surface area contributed by atoms with Crippen LogP contribution in [0.15, 0.2) is 54.3 Å². The van der Waals surface area contributed by atoms with Crippen LogP contribution in [-0.4, -0.2) is 31.8 Å². The molecule has 4 aromatic rings. The highest BCUT2D eigenvalue weighted by atomic mass is 32.1. The molecule has 1 fully saturated rings. The zero-order valence-electron chi connectivity index (χ0n) is 15.2. The number of carbonyl (C=O) groups excluding carboxylic acids is 1. The zero-order valence-corrected chi connectivity index (χ0v) is 16.0. The number of hydrogen-bond acceptors (Lipinski definition) is 5. The maximum absolute atomic E-state index is 12.7. The molecule has 0 atom stereocenters. The van der Waals surface area contributed by atoms with Gasteiger partial charge in [-0.3, -0.25) is 9.78 Å². The molecule has 5 rings (SSSR count). The van der Waals surface area contributed by atoms with Crippen molar-refractivity contribution in [3.05, 3.63) is 71.5 Å². The van der Waals surface area contributed by atoms with E-state index < -0.39 is 0 Å². The molecule has 0 saturated heterocycles. The molecule has 140 valence electrons. The van der Waals surface area contributed by atoms with Crippen LogP contribution >= 0.6 is 11.3 Å². The van der Waals surface area contributed by atoms with Gasteiger partial charge in [0.1, 0.15) is 10.8 Å². The van der Waals surface area contributed by atoms with E-state index in [1.165, 1.54) is 0 Å². The van der Waals surface area contributed by atoms with Gasteiger partial charge in [-0.25, -0.2) is 9.97 Å². The Morgan fingerprint density at radius 2 is 2.04 bits per heavy atom. The minimum atomic E-state index is -0.125. The predicted molar refractivity (Wildman–Crippen MR) is 109 cm³/mol. The molecule has 0 bridgehead atoms. The summed E-state index contributed by atoms with van der Waals surface area (Å²) in [6.45, 7) is 0.531. The molecule has 4 aromatic heterocycles. The lowest BCUT2D eigenvalue weighted by Crippen LogP contribution is -2.26. The number of nitrogens with one attached hydrogen (secondary N) is 1. The van der Waals surface area contributed by atoms with Crippen LogP contribution in [0.2, 0.25) is 0 Å². The molecule has 1 aliphatic rings. The van der Waals surface area contributed by atoms with E-state index in [0.29, 0.717) is 24.6 Å². The number of nitrogens with zero attached hydrogens (tertiary/aromatic N) is 4. The highest BCUT2D eigenvalue weighted by Crippen LogP contribution is 2.39. The van der Waals surface area contributed by atoms with E-state index in [1.54, 1.807) is 23.7 Å². The van der Waals surface area contributed by atoms with Crippen LogP contribution in [0.3, 0.4) is 0 Å². The standard InChI is InChI=1S/C21H19N5OS/c27-20(18-17-3-1-2-12-26(17)19(25-18)14-4-5-14)23-11-8-16-13-28-21(24-16)15-6-9-22-10-7-15/h1-3,6-7,9-10,12-14H,4-5,8,11H2,(H,23,27). The van der Waals surface area contributed by atoms with Crippen molar-refractivity contribution in [2.45, 2.75) is 25.2 Å². The SMILES string of the molecule is O=C(NCCc1csc(-c2ccncc2)n1)c1nc(C2CC2)n2ccccc12. The van der Waals surface area contributed by atoms with Gasteiger partial charge in [-0.2, -0.15) is 0 Å². The topological polar surface area (TPSA) is 72.2 Å². The van der Waals surface area contributed by atoms with Crippen LogP contribution in [-0.2, 0) is 6.42 Å². The first-order valence-corrected chi connectivity index (χ1v) is 10.3. The summed E-state index contributed by atoms with van der Waals surface area (Å²) >= 11 is 1.61. The number of fused-ring (bicyclic) bond motifs is 1. The van der Waals surface area contributed by atoms with Gasteiger partial charge in [0.15, 0.2) is 5.69 Å². The fraction of sp³-hybridized carbons (Fsp3) is 0.238. The summed E-state index contributed by atoms with van der Waals surface area (Å²) in [6.07, 6.45) is 8.51. The van der Waals surface area contributed by atoms with Gasteiger partial charge in [0, 0.05) is 48.4 Å². The molecular formula is C21H19N5OS. The van der Waals surface area contributed by atoms with Crippen LogP contribution in [0.1, 0.15) is 40.8 Å². The first kappa shape index (κ1) is 17.1. The lowest BCUT2D eigenvalue weighted by molar-refractivity contribution is 0.0951. The Balaban J connectivity index is 1.26. The lowest BCUT2D eigenvalue weighted by atomic mass is 10.3. The van der Waals surface area contributed by atoms with Crippen molar-refractivity contribution < 1.29 is 4.79 Å². The van der Waals surface area contributed by atoms with Gasteiger partial charge in [-0.05, 0) is 37.1 Å². The molecular weight excluding hydrogens is 370 g/mol. The van der Waals surface area contributed by atoms with E-state index in [9.17, 15) is 4.79 Å². The molecule has 4 heterocycles. The molecule has 1 aliphatic carbocycles. The minimum Gasteiger partial charge on any atom is -0.350 e. The van der Waals surface area contributed by atoms with E-state index in [1.807, 2.05) is 46.3 Å². The van der Waals surface area contributed by atoms with Gasteiger partial charge in [0.05, 0.1) is 11.2 Å². The Kier molecular flexibility index (Phi) is 4.37. The largest absolute Gasteiger partial charge is 0.350 e. The highest BCUT2D eigenvalue weighted by Gasteiger charge is 2.30. The number of amides is 1. The van der Waals surface area contributed by atoms with Gasteiger partial charge in [-0.1, -0.05) is 6.07 Å². The summed E-state index contributed by atoms with van der Waals surface area (Å²) in [5.74, 6) is 1.36. The maximum Gasteiger partial charge on any atom is 0.272 e. The summed E-state index contributed by atoms with van der Waals surface area (Å²) < 4.78 is 2.05. The Morgan fingerprint density at radius 3 is 2.86 bits per heavy atom. The first-order valence-electron chi connectivity index (χ1n) is 9.39. The smallest absolute Gasteiger partial charge is 0.272 e. The summed E-state index contributed by atoms with van der Waals surface area (Å²) in [7, 11) is 0. The normalized spacial score (nSPS) is 13.7. The quantitative estimate of drug-likeness (QED) is 0.546. The van der Waals surface area contributed by atoms with Crippen LogP contribution in [0.25, 0.3) is 16.1 Å². The molecule has 0 aliphatic heterocycles. The molecule has 1 amide bonds. The fourth-order valence-electron chi connectivity index (χ4n) is 3.29. The second-order valence-electron chi connectivity index (χ2n) is 6.93. The molecule has 28 heavy (non-hydrogen) atoms. The third-order valence-electron chi connectivity index (χ3n) is 4.88.